The molecule has 0 heterocycles. The zero-order valence-electron chi connectivity index (χ0n) is 10.1. The van der Waals surface area contributed by atoms with Crippen LogP contribution >= 0.6 is 0 Å². The SMILES string of the molecule is NCCCC[C@@H](N)c1cccc2ccccc12. The summed E-state index contributed by atoms with van der Waals surface area (Å²) in [5.74, 6) is 0. The van der Waals surface area contributed by atoms with Crippen LogP contribution in [0.5, 0.6) is 0 Å². The lowest BCUT2D eigenvalue weighted by molar-refractivity contribution is 0.594. The fourth-order valence-electron chi connectivity index (χ4n) is 2.24. The molecule has 0 spiro atoms. The molecule has 4 N–H and O–H groups in total. The fourth-order valence-corrected chi connectivity index (χ4v) is 2.24. The van der Waals surface area contributed by atoms with E-state index in [0.717, 1.165) is 25.8 Å². The van der Waals surface area contributed by atoms with E-state index in [4.69, 9.17) is 11.5 Å². The molecule has 0 aromatic heterocycles. The average molecular weight is 228 g/mol. The van der Waals surface area contributed by atoms with Crippen LogP contribution in [-0.4, -0.2) is 6.54 Å². The Balaban J connectivity index is 2.22. The molecule has 0 aliphatic heterocycles. The van der Waals surface area contributed by atoms with Crippen LogP contribution in [0.25, 0.3) is 10.8 Å². The van der Waals surface area contributed by atoms with Gasteiger partial charge in [-0.05, 0) is 35.7 Å². The third-order valence-corrected chi connectivity index (χ3v) is 3.19. The number of nitrogens with two attached hydrogens (primary N) is 2. The van der Waals surface area contributed by atoms with Gasteiger partial charge < -0.3 is 11.5 Å². The summed E-state index contributed by atoms with van der Waals surface area (Å²) < 4.78 is 0. The maximum atomic E-state index is 6.26. The van der Waals surface area contributed by atoms with Gasteiger partial charge in [-0.3, -0.25) is 0 Å². The van der Waals surface area contributed by atoms with Crippen molar-refractivity contribution in [3.63, 3.8) is 0 Å². The van der Waals surface area contributed by atoms with Crippen LogP contribution in [0.15, 0.2) is 42.5 Å². The summed E-state index contributed by atoms with van der Waals surface area (Å²) in [5, 5.41) is 2.54. The maximum Gasteiger partial charge on any atom is 0.0301 e. The number of benzene rings is 2. The first-order valence-electron chi connectivity index (χ1n) is 6.26. The molecule has 90 valence electrons. The first-order chi connectivity index (χ1) is 8.33. The Bertz CT molecular complexity index is 474. The maximum absolute atomic E-state index is 6.26. The van der Waals surface area contributed by atoms with Crippen LogP contribution < -0.4 is 11.5 Å². The first-order valence-corrected chi connectivity index (χ1v) is 6.26. The van der Waals surface area contributed by atoms with E-state index in [1.165, 1.54) is 16.3 Å². The Morgan fingerprint density at radius 3 is 2.53 bits per heavy atom. The van der Waals surface area contributed by atoms with Gasteiger partial charge >= 0.3 is 0 Å². The van der Waals surface area contributed by atoms with E-state index in [1.54, 1.807) is 0 Å². The van der Waals surface area contributed by atoms with E-state index in [9.17, 15) is 0 Å². The minimum absolute atomic E-state index is 0.118. The van der Waals surface area contributed by atoms with E-state index < -0.39 is 0 Å². The van der Waals surface area contributed by atoms with E-state index in [1.807, 2.05) is 0 Å². The zero-order chi connectivity index (χ0) is 12.1. The molecule has 0 amide bonds. The molecule has 2 aromatic rings. The molecule has 0 radical (unpaired) electrons. The number of unbranched alkanes of at least 4 members (excludes halogenated alkanes) is 1. The smallest absolute Gasteiger partial charge is 0.0301 e. The first kappa shape index (κ1) is 12.1. The fraction of sp³-hybridized carbons (Fsp3) is 0.333. The molecule has 2 heteroatoms. The number of hydrogen-bond donors (Lipinski definition) is 2. The number of rotatable bonds is 5. The van der Waals surface area contributed by atoms with Crippen LogP contribution in [-0.2, 0) is 0 Å². The summed E-state index contributed by atoms with van der Waals surface area (Å²) in [7, 11) is 0. The molecular weight excluding hydrogens is 208 g/mol. The second-order valence-electron chi connectivity index (χ2n) is 4.46. The molecule has 2 aromatic carbocycles. The second-order valence-corrected chi connectivity index (χ2v) is 4.46. The summed E-state index contributed by atoms with van der Waals surface area (Å²) in [6.07, 6.45) is 3.16. The largest absolute Gasteiger partial charge is 0.330 e. The summed E-state index contributed by atoms with van der Waals surface area (Å²) >= 11 is 0. The molecule has 0 saturated heterocycles. The van der Waals surface area contributed by atoms with E-state index in [2.05, 4.69) is 42.5 Å². The van der Waals surface area contributed by atoms with Crippen molar-refractivity contribution in [2.24, 2.45) is 11.5 Å². The highest BCUT2D eigenvalue weighted by Gasteiger charge is 2.08. The Morgan fingerprint density at radius 1 is 0.941 bits per heavy atom. The molecule has 0 aliphatic rings. The lowest BCUT2D eigenvalue weighted by Gasteiger charge is -2.14. The topological polar surface area (TPSA) is 52.0 Å². The molecule has 0 bridgehead atoms. The Kier molecular flexibility index (Phi) is 4.13. The minimum Gasteiger partial charge on any atom is -0.330 e. The summed E-state index contributed by atoms with van der Waals surface area (Å²) in [6, 6.07) is 14.9. The van der Waals surface area contributed by atoms with Crippen molar-refractivity contribution in [3.8, 4) is 0 Å². The van der Waals surface area contributed by atoms with Crippen molar-refractivity contribution in [2.45, 2.75) is 25.3 Å². The van der Waals surface area contributed by atoms with Gasteiger partial charge in [-0.25, -0.2) is 0 Å². The Hall–Kier alpha value is -1.38. The van der Waals surface area contributed by atoms with Crippen molar-refractivity contribution < 1.29 is 0 Å². The molecule has 17 heavy (non-hydrogen) atoms. The van der Waals surface area contributed by atoms with Crippen LogP contribution in [0.3, 0.4) is 0 Å². The molecule has 1 atom stereocenters. The van der Waals surface area contributed by atoms with E-state index >= 15 is 0 Å². The van der Waals surface area contributed by atoms with Crippen molar-refractivity contribution in [1.29, 1.82) is 0 Å². The van der Waals surface area contributed by atoms with Crippen LogP contribution in [0.2, 0.25) is 0 Å². The van der Waals surface area contributed by atoms with Crippen LogP contribution in [0, 0.1) is 0 Å². The van der Waals surface area contributed by atoms with E-state index in [-0.39, 0.29) is 6.04 Å². The number of fused-ring (bicyclic) bond motifs is 1. The van der Waals surface area contributed by atoms with Gasteiger partial charge in [0, 0.05) is 6.04 Å². The summed E-state index contributed by atoms with van der Waals surface area (Å²) in [5.41, 5.74) is 13.0. The van der Waals surface area contributed by atoms with Crippen LogP contribution in [0.4, 0.5) is 0 Å². The highest BCUT2D eigenvalue weighted by Crippen LogP contribution is 2.25. The third-order valence-electron chi connectivity index (χ3n) is 3.19. The summed E-state index contributed by atoms with van der Waals surface area (Å²) in [4.78, 5) is 0. The minimum atomic E-state index is 0.118. The molecule has 2 rings (SSSR count). The zero-order valence-corrected chi connectivity index (χ0v) is 10.1. The molecule has 0 unspecified atom stereocenters. The van der Waals surface area contributed by atoms with Gasteiger partial charge in [0.2, 0.25) is 0 Å². The number of hydrogen-bond acceptors (Lipinski definition) is 2. The molecular formula is C15H20N2. The monoisotopic (exact) mass is 228 g/mol. The predicted octanol–water partition coefficient (Wildman–Crippen LogP) is 2.97. The van der Waals surface area contributed by atoms with Crippen LogP contribution in [0.1, 0.15) is 30.9 Å². The van der Waals surface area contributed by atoms with Gasteiger partial charge in [0.15, 0.2) is 0 Å². The normalized spacial score (nSPS) is 12.8. The lowest BCUT2D eigenvalue weighted by atomic mass is 9.96. The Labute approximate surface area is 103 Å². The summed E-state index contributed by atoms with van der Waals surface area (Å²) in [6.45, 7) is 0.752. The quantitative estimate of drug-likeness (QED) is 0.773. The van der Waals surface area contributed by atoms with Crippen molar-refractivity contribution in [2.75, 3.05) is 6.54 Å². The molecule has 0 aliphatic carbocycles. The highest BCUT2D eigenvalue weighted by molar-refractivity contribution is 5.86. The lowest BCUT2D eigenvalue weighted by Crippen LogP contribution is -2.11. The van der Waals surface area contributed by atoms with Gasteiger partial charge in [0.1, 0.15) is 0 Å². The van der Waals surface area contributed by atoms with Crippen molar-refractivity contribution in [3.05, 3.63) is 48.0 Å². The van der Waals surface area contributed by atoms with Crippen molar-refractivity contribution in [1.82, 2.24) is 0 Å². The van der Waals surface area contributed by atoms with E-state index in [0.29, 0.717) is 0 Å². The standard InChI is InChI=1S/C15H20N2/c16-11-4-3-10-15(17)14-9-5-7-12-6-1-2-8-13(12)14/h1-2,5-9,15H,3-4,10-11,16-17H2/t15-/m1/s1. The third kappa shape index (κ3) is 2.84. The van der Waals surface area contributed by atoms with Crippen molar-refractivity contribution >= 4 is 10.8 Å². The van der Waals surface area contributed by atoms with Gasteiger partial charge in [0.05, 0.1) is 0 Å². The molecule has 2 nitrogen and oxygen atoms in total. The molecule has 0 saturated carbocycles. The second kappa shape index (κ2) is 5.80. The van der Waals surface area contributed by atoms with Gasteiger partial charge in [-0.15, -0.1) is 0 Å². The predicted molar refractivity (Wildman–Crippen MR) is 73.8 cm³/mol. The van der Waals surface area contributed by atoms with Gasteiger partial charge in [-0.1, -0.05) is 48.9 Å². The Morgan fingerprint density at radius 2 is 1.71 bits per heavy atom. The average Bonchev–Trinajstić information content (AvgIpc) is 2.38. The van der Waals surface area contributed by atoms with Gasteiger partial charge in [0.25, 0.3) is 0 Å². The van der Waals surface area contributed by atoms with Gasteiger partial charge in [-0.2, -0.15) is 0 Å². The molecule has 0 fully saturated rings. The highest BCUT2D eigenvalue weighted by atomic mass is 14.6.